The molecule has 1 aromatic carbocycles. The van der Waals surface area contributed by atoms with E-state index in [4.69, 9.17) is 20.1 Å². The van der Waals surface area contributed by atoms with Crippen molar-refractivity contribution in [2.24, 2.45) is 5.90 Å². The molecule has 0 saturated heterocycles. The summed E-state index contributed by atoms with van der Waals surface area (Å²) < 4.78 is 15.5. The summed E-state index contributed by atoms with van der Waals surface area (Å²) in [5.74, 6) is 6.73. The van der Waals surface area contributed by atoms with Gasteiger partial charge in [-0.1, -0.05) is 0 Å². The lowest BCUT2D eigenvalue weighted by atomic mass is 10.2. The predicted molar refractivity (Wildman–Crippen MR) is 62.3 cm³/mol. The Morgan fingerprint density at radius 2 is 1.50 bits per heavy atom. The predicted octanol–water partition coefficient (Wildman–Crippen LogP) is 1.52. The van der Waals surface area contributed by atoms with E-state index in [2.05, 4.69) is 4.84 Å². The molecule has 0 amide bonds. The van der Waals surface area contributed by atoms with E-state index in [1.54, 1.807) is 33.5 Å². The van der Waals surface area contributed by atoms with Crippen LogP contribution in [0.1, 0.15) is 5.56 Å². The molecule has 0 aromatic heterocycles. The summed E-state index contributed by atoms with van der Waals surface area (Å²) in [4.78, 5) is 4.55. The van der Waals surface area contributed by atoms with Gasteiger partial charge in [0.05, 0.1) is 27.9 Å². The van der Waals surface area contributed by atoms with Crippen LogP contribution < -0.4 is 20.1 Å². The van der Waals surface area contributed by atoms with Gasteiger partial charge in [-0.15, -0.1) is 12.4 Å². The molecule has 0 aliphatic rings. The average Bonchev–Trinajstić information content (AvgIpc) is 2.28. The standard InChI is InChI=1S/C10H15NO4.ClH/c1-12-8-4-7(6-15-11)5-9(13-2)10(8)14-3;/h4-5H,6,11H2,1-3H3;1H. The van der Waals surface area contributed by atoms with Crippen molar-refractivity contribution >= 4 is 12.4 Å². The Bertz CT molecular complexity index is 308. The van der Waals surface area contributed by atoms with Crippen molar-refractivity contribution in [3.8, 4) is 17.2 Å². The number of nitrogens with two attached hydrogens (primary N) is 1. The molecule has 2 N–H and O–H groups in total. The van der Waals surface area contributed by atoms with Crippen LogP contribution in [0, 0.1) is 0 Å². The summed E-state index contributed by atoms with van der Waals surface area (Å²) >= 11 is 0. The Morgan fingerprint density at radius 3 is 1.81 bits per heavy atom. The monoisotopic (exact) mass is 249 g/mol. The number of hydrogen-bond donors (Lipinski definition) is 1. The number of halogens is 1. The molecule has 0 heterocycles. The topological polar surface area (TPSA) is 62.9 Å². The highest BCUT2D eigenvalue weighted by Crippen LogP contribution is 2.38. The summed E-state index contributed by atoms with van der Waals surface area (Å²) in [7, 11) is 4.67. The first-order chi connectivity index (χ1) is 7.26. The molecule has 0 fully saturated rings. The number of rotatable bonds is 5. The second-order valence-electron chi connectivity index (χ2n) is 2.84. The summed E-state index contributed by atoms with van der Waals surface area (Å²) in [5.41, 5.74) is 0.854. The molecule has 6 heteroatoms. The van der Waals surface area contributed by atoms with Crippen LogP contribution in [0.25, 0.3) is 0 Å². The van der Waals surface area contributed by atoms with Gasteiger partial charge >= 0.3 is 0 Å². The van der Waals surface area contributed by atoms with Crippen LogP contribution in [0.3, 0.4) is 0 Å². The van der Waals surface area contributed by atoms with Crippen LogP contribution in [0.4, 0.5) is 0 Å². The minimum atomic E-state index is 0. The smallest absolute Gasteiger partial charge is 0.203 e. The van der Waals surface area contributed by atoms with E-state index < -0.39 is 0 Å². The summed E-state index contributed by atoms with van der Waals surface area (Å²) in [6.45, 7) is 0.288. The molecule has 1 aromatic rings. The SMILES string of the molecule is COc1cc(CON)cc(OC)c1OC.Cl. The van der Waals surface area contributed by atoms with Crippen LogP contribution in [-0.2, 0) is 11.4 Å². The van der Waals surface area contributed by atoms with Crippen molar-refractivity contribution in [2.75, 3.05) is 21.3 Å². The van der Waals surface area contributed by atoms with Crippen molar-refractivity contribution in [1.82, 2.24) is 0 Å². The molecule has 0 spiro atoms. The van der Waals surface area contributed by atoms with Crippen molar-refractivity contribution in [1.29, 1.82) is 0 Å². The van der Waals surface area contributed by atoms with Gasteiger partial charge in [0.2, 0.25) is 5.75 Å². The highest BCUT2D eigenvalue weighted by molar-refractivity contribution is 5.85. The minimum absolute atomic E-state index is 0. The molecule has 0 radical (unpaired) electrons. The molecule has 0 unspecified atom stereocenters. The fraction of sp³-hybridized carbons (Fsp3) is 0.400. The Kier molecular flexibility index (Phi) is 6.64. The molecule has 0 atom stereocenters. The first-order valence-electron chi connectivity index (χ1n) is 4.37. The largest absolute Gasteiger partial charge is 0.493 e. The maximum absolute atomic E-state index is 5.17. The first kappa shape index (κ1) is 14.8. The molecular formula is C10H16ClNO4. The molecule has 92 valence electrons. The van der Waals surface area contributed by atoms with Gasteiger partial charge in [-0.05, 0) is 17.7 Å². The molecule has 0 aliphatic heterocycles. The van der Waals surface area contributed by atoms with E-state index in [1.165, 1.54) is 0 Å². The van der Waals surface area contributed by atoms with E-state index in [0.29, 0.717) is 17.2 Å². The van der Waals surface area contributed by atoms with Gasteiger partial charge in [0, 0.05) is 0 Å². The van der Waals surface area contributed by atoms with Gasteiger partial charge in [0.15, 0.2) is 11.5 Å². The lowest BCUT2D eigenvalue weighted by molar-refractivity contribution is 0.123. The third-order valence-corrected chi connectivity index (χ3v) is 1.97. The molecule has 5 nitrogen and oxygen atoms in total. The number of ether oxygens (including phenoxy) is 3. The highest BCUT2D eigenvalue weighted by Gasteiger charge is 2.12. The third kappa shape index (κ3) is 3.16. The fourth-order valence-corrected chi connectivity index (χ4v) is 1.31. The van der Waals surface area contributed by atoms with Gasteiger partial charge < -0.3 is 14.2 Å². The lowest BCUT2D eigenvalue weighted by Gasteiger charge is -2.13. The zero-order valence-corrected chi connectivity index (χ0v) is 10.3. The normalized spacial score (nSPS) is 9.25. The number of hydrogen-bond acceptors (Lipinski definition) is 5. The van der Waals surface area contributed by atoms with E-state index in [9.17, 15) is 0 Å². The van der Waals surface area contributed by atoms with E-state index >= 15 is 0 Å². The van der Waals surface area contributed by atoms with Gasteiger partial charge in [-0.3, -0.25) is 4.84 Å². The zero-order chi connectivity index (χ0) is 11.3. The van der Waals surface area contributed by atoms with Gasteiger partial charge in [-0.25, -0.2) is 5.90 Å². The Balaban J connectivity index is 0.00000225. The summed E-state index contributed by atoms with van der Waals surface area (Å²) in [6, 6.07) is 3.57. The Morgan fingerprint density at radius 1 is 1.00 bits per heavy atom. The van der Waals surface area contributed by atoms with Gasteiger partial charge in [0.1, 0.15) is 0 Å². The molecular weight excluding hydrogens is 234 g/mol. The molecule has 1 rings (SSSR count). The molecule has 16 heavy (non-hydrogen) atoms. The van der Waals surface area contributed by atoms with Gasteiger partial charge in [0.25, 0.3) is 0 Å². The second kappa shape index (κ2) is 7.16. The van der Waals surface area contributed by atoms with Crippen molar-refractivity contribution in [3.05, 3.63) is 17.7 Å². The quantitative estimate of drug-likeness (QED) is 0.802. The zero-order valence-electron chi connectivity index (χ0n) is 9.48. The second-order valence-corrected chi connectivity index (χ2v) is 2.84. The number of methoxy groups -OCH3 is 3. The van der Waals surface area contributed by atoms with Crippen molar-refractivity contribution in [2.45, 2.75) is 6.61 Å². The lowest BCUT2D eigenvalue weighted by Crippen LogP contribution is -2.01. The van der Waals surface area contributed by atoms with E-state index in [-0.39, 0.29) is 19.0 Å². The van der Waals surface area contributed by atoms with Crippen molar-refractivity contribution in [3.63, 3.8) is 0 Å². The highest BCUT2D eigenvalue weighted by atomic mass is 35.5. The van der Waals surface area contributed by atoms with Crippen molar-refractivity contribution < 1.29 is 19.0 Å². The summed E-state index contributed by atoms with van der Waals surface area (Å²) in [5, 5.41) is 0. The first-order valence-corrected chi connectivity index (χ1v) is 4.37. The molecule has 0 saturated carbocycles. The molecule has 0 bridgehead atoms. The maximum atomic E-state index is 5.17. The minimum Gasteiger partial charge on any atom is -0.493 e. The Hall–Kier alpha value is -1.17. The number of benzene rings is 1. The van der Waals surface area contributed by atoms with E-state index in [1.807, 2.05) is 0 Å². The average molecular weight is 250 g/mol. The maximum Gasteiger partial charge on any atom is 0.203 e. The third-order valence-electron chi connectivity index (χ3n) is 1.97. The van der Waals surface area contributed by atoms with Crippen LogP contribution in [-0.4, -0.2) is 21.3 Å². The summed E-state index contributed by atoms with van der Waals surface area (Å²) in [6.07, 6.45) is 0. The van der Waals surface area contributed by atoms with E-state index in [0.717, 1.165) is 5.56 Å². The van der Waals surface area contributed by atoms with Crippen LogP contribution in [0.2, 0.25) is 0 Å². The Labute approximate surface area is 101 Å². The van der Waals surface area contributed by atoms with Crippen LogP contribution >= 0.6 is 12.4 Å². The van der Waals surface area contributed by atoms with Crippen LogP contribution in [0.5, 0.6) is 17.2 Å². The fourth-order valence-electron chi connectivity index (χ4n) is 1.31. The van der Waals surface area contributed by atoms with Gasteiger partial charge in [-0.2, -0.15) is 0 Å². The van der Waals surface area contributed by atoms with Crippen LogP contribution in [0.15, 0.2) is 12.1 Å². The molecule has 0 aliphatic carbocycles.